The third-order valence-corrected chi connectivity index (χ3v) is 4.98. The number of halogens is 1. The third kappa shape index (κ3) is 3.66. The first-order valence-corrected chi connectivity index (χ1v) is 8.73. The number of nitrogens with one attached hydrogen (secondary N) is 2. The Bertz CT molecular complexity index is 739. The van der Waals surface area contributed by atoms with Crippen LogP contribution in [-0.4, -0.2) is 46.4 Å². The predicted molar refractivity (Wildman–Crippen MR) is 91.8 cm³/mol. The van der Waals surface area contributed by atoms with Gasteiger partial charge in [-0.1, -0.05) is 6.07 Å². The predicted octanol–water partition coefficient (Wildman–Crippen LogP) is 1.90. The fourth-order valence-electron chi connectivity index (χ4n) is 3.60. The van der Waals surface area contributed by atoms with Gasteiger partial charge in [0.25, 0.3) is 0 Å². The van der Waals surface area contributed by atoms with Crippen LogP contribution in [0.4, 0.5) is 9.18 Å². The molecule has 3 saturated heterocycles. The van der Waals surface area contributed by atoms with E-state index in [1.54, 1.807) is 23.0 Å². The maximum absolute atomic E-state index is 13.3. The molecule has 3 aliphatic heterocycles. The molecule has 7 heteroatoms. The summed E-state index contributed by atoms with van der Waals surface area (Å²) in [6.45, 7) is 3.00. The van der Waals surface area contributed by atoms with E-state index in [1.165, 1.54) is 18.6 Å². The Kier molecular flexibility index (Phi) is 4.40. The van der Waals surface area contributed by atoms with Crippen LogP contribution in [-0.2, 0) is 6.54 Å². The van der Waals surface area contributed by atoms with Crippen molar-refractivity contribution in [2.24, 2.45) is 5.92 Å². The molecule has 3 fully saturated rings. The number of hydrogen-bond acceptors (Lipinski definition) is 3. The minimum absolute atomic E-state index is 0.0286. The molecule has 132 valence electrons. The molecule has 0 radical (unpaired) electrons. The quantitative estimate of drug-likeness (QED) is 0.895. The summed E-state index contributed by atoms with van der Waals surface area (Å²) < 4.78 is 14.9. The molecule has 0 unspecified atom stereocenters. The molecule has 2 atom stereocenters. The molecule has 2 aromatic rings. The Balaban J connectivity index is 1.36. The van der Waals surface area contributed by atoms with Crippen LogP contribution in [0.25, 0.3) is 5.69 Å². The molecule has 0 spiro atoms. The summed E-state index contributed by atoms with van der Waals surface area (Å²) >= 11 is 0. The summed E-state index contributed by atoms with van der Waals surface area (Å²) in [4.78, 5) is 14.4. The Labute approximate surface area is 146 Å². The first-order valence-electron chi connectivity index (χ1n) is 8.73. The molecule has 2 amide bonds. The second-order valence-corrected chi connectivity index (χ2v) is 6.89. The van der Waals surface area contributed by atoms with Gasteiger partial charge >= 0.3 is 6.03 Å². The van der Waals surface area contributed by atoms with E-state index < -0.39 is 0 Å². The van der Waals surface area contributed by atoms with E-state index in [2.05, 4.69) is 15.7 Å². The van der Waals surface area contributed by atoms with Crippen molar-refractivity contribution in [1.82, 2.24) is 25.3 Å². The van der Waals surface area contributed by atoms with Gasteiger partial charge in [-0.3, -0.25) is 0 Å². The van der Waals surface area contributed by atoms with Gasteiger partial charge in [0.2, 0.25) is 0 Å². The smallest absolute Gasteiger partial charge is 0.317 e. The lowest BCUT2D eigenvalue weighted by Crippen LogP contribution is -2.44. The van der Waals surface area contributed by atoms with Crippen LogP contribution in [0.2, 0.25) is 0 Å². The first-order chi connectivity index (χ1) is 12.2. The Morgan fingerprint density at radius 2 is 2.28 bits per heavy atom. The van der Waals surface area contributed by atoms with Gasteiger partial charge in [0.15, 0.2) is 0 Å². The van der Waals surface area contributed by atoms with Gasteiger partial charge in [-0.2, -0.15) is 5.10 Å². The van der Waals surface area contributed by atoms with Gasteiger partial charge < -0.3 is 15.5 Å². The fraction of sp³-hybridized carbons (Fsp3) is 0.444. The molecule has 2 N–H and O–H groups in total. The fourth-order valence-corrected chi connectivity index (χ4v) is 3.60. The van der Waals surface area contributed by atoms with Crippen molar-refractivity contribution in [3.8, 4) is 5.69 Å². The second kappa shape index (κ2) is 6.84. The average molecular weight is 343 g/mol. The molecular formula is C18H22FN5O. The zero-order valence-electron chi connectivity index (χ0n) is 14.0. The van der Waals surface area contributed by atoms with E-state index in [1.807, 2.05) is 11.1 Å². The summed E-state index contributed by atoms with van der Waals surface area (Å²) in [5.74, 6) is 0.257. The number of amides is 2. The van der Waals surface area contributed by atoms with E-state index in [-0.39, 0.29) is 11.8 Å². The number of piperidine rings is 1. The highest BCUT2D eigenvalue weighted by molar-refractivity contribution is 5.74. The molecule has 1 aromatic heterocycles. The van der Waals surface area contributed by atoms with Crippen LogP contribution in [0.1, 0.15) is 18.4 Å². The molecular weight excluding hydrogens is 321 g/mol. The number of hydrogen-bond donors (Lipinski definition) is 2. The van der Waals surface area contributed by atoms with Crippen LogP contribution >= 0.6 is 0 Å². The Morgan fingerprint density at radius 1 is 1.36 bits per heavy atom. The lowest BCUT2D eigenvalue weighted by Gasteiger charge is -2.23. The number of carbonyl (C=O) groups is 1. The topological polar surface area (TPSA) is 62.2 Å². The number of fused-ring (bicyclic) bond motifs is 4. The summed E-state index contributed by atoms with van der Waals surface area (Å²) in [6.07, 6.45) is 5.85. The van der Waals surface area contributed by atoms with Crippen molar-refractivity contribution in [2.75, 3.05) is 19.6 Å². The maximum atomic E-state index is 13.3. The summed E-state index contributed by atoms with van der Waals surface area (Å²) in [7, 11) is 0. The van der Waals surface area contributed by atoms with Gasteiger partial charge in [0.1, 0.15) is 5.82 Å². The van der Waals surface area contributed by atoms with Crippen molar-refractivity contribution < 1.29 is 9.18 Å². The molecule has 2 bridgehead atoms. The summed E-state index contributed by atoms with van der Waals surface area (Å²) in [5.41, 5.74) is 1.54. The lowest BCUT2D eigenvalue weighted by molar-refractivity contribution is 0.195. The first kappa shape index (κ1) is 16.1. The van der Waals surface area contributed by atoms with Crippen molar-refractivity contribution in [3.63, 3.8) is 0 Å². The van der Waals surface area contributed by atoms with Crippen LogP contribution in [0.15, 0.2) is 36.7 Å². The van der Waals surface area contributed by atoms with E-state index in [0.717, 1.165) is 31.6 Å². The van der Waals surface area contributed by atoms with Crippen LogP contribution in [0.5, 0.6) is 0 Å². The number of nitrogens with zero attached hydrogens (tertiary/aromatic N) is 3. The number of rotatable bonds is 3. The van der Waals surface area contributed by atoms with Crippen molar-refractivity contribution in [3.05, 3.63) is 48.0 Å². The molecule has 5 rings (SSSR count). The maximum Gasteiger partial charge on any atom is 0.317 e. The highest BCUT2D eigenvalue weighted by Gasteiger charge is 2.31. The van der Waals surface area contributed by atoms with E-state index >= 15 is 0 Å². The lowest BCUT2D eigenvalue weighted by atomic mass is 9.97. The highest BCUT2D eigenvalue weighted by atomic mass is 19.1. The molecule has 6 nitrogen and oxygen atoms in total. The van der Waals surface area contributed by atoms with E-state index in [9.17, 15) is 9.18 Å². The summed E-state index contributed by atoms with van der Waals surface area (Å²) in [5, 5.41) is 10.7. The minimum Gasteiger partial charge on any atom is -0.334 e. The van der Waals surface area contributed by atoms with Crippen molar-refractivity contribution in [2.45, 2.75) is 25.4 Å². The third-order valence-electron chi connectivity index (χ3n) is 4.98. The Hall–Kier alpha value is -2.41. The number of urea groups is 1. The van der Waals surface area contributed by atoms with Gasteiger partial charge in [-0.05, 0) is 43.5 Å². The van der Waals surface area contributed by atoms with Crippen LogP contribution in [0, 0.1) is 11.7 Å². The number of carbonyl (C=O) groups excluding carboxylic acids is 1. The van der Waals surface area contributed by atoms with Crippen LogP contribution in [0.3, 0.4) is 0 Å². The SMILES string of the molecule is O=C(NCc1cnn(-c2cccc(F)c2)c1)N1C[C@H]2CC[C@@H](C1)NC2. The molecule has 1 aromatic carbocycles. The molecule has 25 heavy (non-hydrogen) atoms. The largest absolute Gasteiger partial charge is 0.334 e. The molecule has 0 saturated carbocycles. The minimum atomic E-state index is -0.299. The van der Waals surface area contributed by atoms with Crippen molar-refractivity contribution in [1.29, 1.82) is 0 Å². The second-order valence-electron chi connectivity index (χ2n) is 6.89. The zero-order valence-corrected chi connectivity index (χ0v) is 14.0. The zero-order chi connectivity index (χ0) is 17.2. The van der Waals surface area contributed by atoms with Crippen LogP contribution < -0.4 is 10.6 Å². The molecule has 4 heterocycles. The molecule has 0 aliphatic carbocycles. The summed E-state index contributed by atoms with van der Waals surface area (Å²) in [6, 6.07) is 6.65. The van der Waals surface area contributed by atoms with Gasteiger partial charge in [0.05, 0.1) is 11.9 Å². The standard InChI is InChI=1S/C18H22FN5O/c19-15-2-1-3-17(6-15)24-11-14(9-22-24)8-21-18(25)23-10-13-4-5-16(12-23)20-7-13/h1-3,6,9,11,13,16,20H,4-5,7-8,10,12H2,(H,21,25)/t13-,16-/m0/s1. The van der Waals surface area contributed by atoms with Gasteiger partial charge in [-0.15, -0.1) is 0 Å². The molecule has 3 aliphatic rings. The van der Waals surface area contributed by atoms with Crippen molar-refractivity contribution >= 4 is 6.03 Å². The Morgan fingerprint density at radius 3 is 3.08 bits per heavy atom. The van der Waals surface area contributed by atoms with Gasteiger partial charge in [-0.25, -0.2) is 13.9 Å². The van der Waals surface area contributed by atoms with E-state index in [0.29, 0.717) is 24.2 Å². The number of aromatic nitrogens is 2. The monoisotopic (exact) mass is 343 g/mol. The van der Waals surface area contributed by atoms with E-state index in [4.69, 9.17) is 0 Å². The normalized spacial score (nSPS) is 22.7. The number of benzene rings is 1. The highest BCUT2D eigenvalue weighted by Crippen LogP contribution is 2.21. The van der Waals surface area contributed by atoms with Gasteiger partial charge in [0, 0.05) is 37.4 Å². The average Bonchev–Trinajstić information content (AvgIpc) is 2.89.